The zero-order valence-electron chi connectivity index (χ0n) is 10.1. The number of hydrogen-bond donors (Lipinski definition) is 0. The summed E-state index contributed by atoms with van der Waals surface area (Å²) in [5.41, 5.74) is 1.73. The van der Waals surface area contributed by atoms with Crippen molar-refractivity contribution in [3.63, 3.8) is 0 Å². The molecule has 88 valence electrons. The van der Waals surface area contributed by atoms with Crippen LogP contribution in [0.5, 0.6) is 5.75 Å². The van der Waals surface area contributed by atoms with Gasteiger partial charge in [0.25, 0.3) is 0 Å². The molecule has 16 heavy (non-hydrogen) atoms. The lowest BCUT2D eigenvalue weighted by atomic mass is 10.1. The molecule has 0 radical (unpaired) electrons. The SMILES string of the molecule is CCC(=O)c1ccc(OCCOC)c(C)c1. The highest BCUT2D eigenvalue weighted by atomic mass is 16.5. The Morgan fingerprint density at radius 1 is 1.31 bits per heavy atom. The quantitative estimate of drug-likeness (QED) is 0.548. The van der Waals surface area contributed by atoms with Crippen LogP contribution in [-0.2, 0) is 4.74 Å². The Morgan fingerprint density at radius 3 is 2.62 bits per heavy atom. The van der Waals surface area contributed by atoms with Gasteiger partial charge in [-0.2, -0.15) is 0 Å². The molecule has 0 aliphatic rings. The Kier molecular flexibility index (Phi) is 4.99. The molecule has 0 saturated carbocycles. The van der Waals surface area contributed by atoms with Crippen LogP contribution in [-0.4, -0.2) is 26.1 Å². The minimum atomic E-state index is 0.159. The molecule has 0 unspecified atom stereocenters. The van der Waals surface area contributed by atoms with Crippen LogP contribution in [0.3, 0.4) is 0 Å². The summed E-state index contributed by atoms with van der Waals surface area (Å²) in [7, 11) is 1.64. The van der Waals surface area contributed by atoms with E-state index in [0.717, 1.165) is 16.9 Å². The molecule has 1 rings (SSSR count). The molecule has 0 fully saturated rings. The minimum absolute atomic E-state index is 0.159. The number of ether oxygens (including phenoxy) is 2. The molecule has 3 heteroatoms. The predicted octanol–water partition coefficient (Wildman–Crippen LogP) is 2.61. The van der Waals surface area contributed by atoms with E-state index in [4.69, 9.17) is 9.47 Å². The summed E-state index contributed by atoms with van der Waals surface area (Å²) in [6, 6.07) is 5.52. The third-order valence-electron chi connectivity index (χ3n) is 2.36. The number of ketones is 1. The van der Waals surface area contributed by atoms with Crippen LogP contribution in [0.1, 0.15) is 29.3 Å². The normalized spacial score (nSPS) is 10.2. The van der Waals surface area contributed by atoms with E-state index in [2.05, 4.69) is 0 Å². The monoisotopic (exact) mass is 222 g/mol. The van der Waals surface area contributed by atoms with Crippen LogP contribution in [0.25, 0.3) is 0 Å². The highest BCUT2D eigenvalue weighted by Gasteiger charge is 2.06. The second kappa shape index (κ2) is 6.28. The van der Waals surface area contributed by atoms with E-state index in [1.165, 1.54) is 0 Å². The standard InChI is InChI=1S/C13H18O3/c1-4-12(14)11-5-6-13(10(2)9-11)16-8-7-15-3/h5-6,9H,4,7-8H2,1-3H3. The highest BCUT2D eigenvalue weighted by Crippen LogP contribution is 2.19. The van der Waals surface area contributed by atoms with Crippen molar-refractivity contribution in [2.45, 2.75) is 20.3 Å². The summed E-state index contributed by atoms with van der Waals surface area (Å²) in [6.07, 6.45) is 0.531. The number of hydrogen-bond acceptors (Lipinski definition) is 3. The van der Waals surface area contributed by atoms with Gasteiger partial charge in [-0.1, -0.05) is 6.92 Å². The summed E-state index contributed by atoms with van der Waals surface area (Å²) in [4.78, 5) is 11.5. The van der Waals surface area contributed by atoms with Crippen molar-refractivity contribution < 1.29 is 14.3 Å². The lowest BCUT2D eigenvalue weighted by Crippen LogP contribution is -2.06. The number of Topliss-reactive ketones (excluding diaryl/α,β-unsaturated/α-hetero) is 1. The van der Waals surface area contributed by atoms with E-state index in [1.54, 1.807) is 13.2 Å². The third-order valence-corrected chi connectivity index (χ3v) is 2.36. The topological polar surface area (TPSA) is 35.5 Å². The van der Waals surface area contributed by atoms with Gasteiger partial charge in [-0.25, -0.2) is 0 Å². The zero-order valence-corrected chi connectivity index (χ0v) is 10.1. The predicted molar refractivity (Wildman–Crippen MR) is 63.2 cm³/mol. The van der Waals surface area contributed by atoms with Crippen molar-refractivity contribution in [3.8, 4) is 5.75 Å². The first-order valence-electron chi connectivity index (χ1n) is 5.44. The summed E-state index contributed by atoms with van der Waals surface area (Å²) in [6.45, 7) is 4.89. The van der Waals surface area contributed by atoms with Gasteiger partial charge in [-0.05, 0) is 30.7 Å². The van der Waals surface area contributed by atoms with E-state index in [1.807, 2.05) is 26.0 Å². The summed E-state index contributed by atoms with van der Waals surface area (Å²) in [5.74, 6) is 0.969. The van der Waals surface area contributed by atoms with Gasteiger partial charge in [0.1, 0.15) is 12.4 Å². The van der Waals surface area contributed by atoms with Crippen molar-refractivity contribution in [1.82, 2.24) is 0 Å². The summed E-state index contributed by atoms with van der Waals surface area (Å²) >= 11 is 0. The fraction of sp³-hybridized carbons (Fsp3) is 0.462. The van der Waals surface area contributed by atoms with Crippen molar-refractivity contribution >= 4 is 5.78 Å². The van der Waals surface area contributed by atoms with Gasteiger partial charge in [-0.15, -0.1) is 0 Å². The number of carbonyl (C=O) groups is 1. The molecule has 0 aliphatic heterocycles. The number of benzene rings is 1. The molecular formula is C13H18O3. The molecule has 0 aliphatic carbocycles. The van der Waals surface area contributed by atoms with E-state index in [9.17, 15) is 4.79 Å². The van der Waals surface area contributed by atoms with Gasteiger partial charge < -0.3 is 9.47 Å². The summed E-state index contributed by atoms with van der Waals surface area (Å²) < 4.78 is 10.4. The second-order valence-corrected chi connectivity index (χ2v) is 3.60. The molecule has 1 aromatic rings. The number of carbonyl (C=O) groups excluding carboxylic acids is 1. The molecule has 0 heterocycles. The first-order chi connectivity index (χ1) is 7.69. The molecule has 0 spiro atoms. The molecule has 0 atom stereocenters. The second-order valence-electron chi connectivity index (χ2n) is 3.60. The van der Waals surface area contributed by atoms with E-state index >= 15 is 0 Å². The van der Waals surface area contributed by atoms with Crippen LogP contribution >= 0.6 is 0 Å². The van der Waals surface area contributed by atoms with Gasteiger partial charge >= 0.3 is 0 Å². The first kappa shape index (κ1) is 12.7. The Bertz CT molecular complexity index is 358. The van der Waals surface area contributed by atoms with Crippen molar-refractivity contribution in [2.24, 2.45) is 0 Å². The molecule has 1 aromatic carbocycles. The maximum atomic E-state index is 11.5. The Balaban J connectivity index is 2.71. The van der Waals surface area contributed by atoms with Gasteiger partial charge in [-0.3, -0.25) is 4.79 Å². The fourth-order valence-corrected chi connectivity index (χ4v) is 1.42. The van der Waals surface area contributed by atoms with E-state index in [-0.39, 0.29) is 5.78 Å². The van der Waals surface area contributed by atoms with Gasteiger partial charge in [0.2, 0.25) is 0 Å². The highest BCUT2D eigenvalue weighted by molar-refractivity contribution is 5.96. The molecule has 3 nitrogen and oxygen atoms in total. The van der Waals surface area contributed by atoms with Crippen molar-refractivity contribution in [3.05, 3.63) is 29.3 Å². The van der Waals surface area contributed by atoms with Crippen LogP contribution in [0.15, 0.2) is 18.2 Å². The fourth-order valence-electron chi connectivity index (χ4n) is 1.42. The molecular weight excluding hydrogens is 204 g/mol. The number of rotatable bonds is 6. The van der Waals surface area contributed by atoms with Crippen molar-refractivity contribution in [1.29, 1.82) is 0 Å². The third kappa shape index (κ3) is 3.35. The first-order valence-corrected chi connectivity index (χ1v) is 5.44. The largest absolute Gasteiger partial charge is 0.491 e. The van der Waals surface area contributed by atoms with Gasteiger partial charge in [0.05, 0.1) is 6.61 Å². The Labute approximate surface area is 96.4 Å². The van der Waals surface area contributed by atoms with Gasteiger partial charge in [0.15, 0.2) is 5.78 Å². The lowest BCUT2D eigenvalue weighted by molar-refractivity contribution is 0.0988. The maximum Gasteiger partial charge on any atom is 0.162 e. The molecule has 0 N–H and O–H groups in total. The average Bonchev–Trinajstić information content (AvgIpc) is 2.30. The number of methoxy groups -OCH3 is 1. The van der Waals surface area contributed by atoms with E-state index < -0.39 is 0 Å². The van der Waals surface area contributed by atoms with Crippen LogP contribution in [0.4, 0.5) is 0 Å². The van der Waals surface area contributed by atoms with E-state index in [0.29, 0.717) is 19.6 Å². The van der Waals surface area contributed by atoms with Gasteiger partial charge in [0, 0.05) is 19.1 Å². The minimum Gasteiger partial charge on any atom is -0.491 e. The Morgan fingerprint density at radius 2 is 2.06 bits per heavy atom. The molecule has 0 saturated heterocycles. The molecule has 0 amide bonds. The van der Waals surface area contributed by atoms with Crippen molar-refractivity contribution in [2.75, 3.05) is 20.3 Å². The zero-order chi connectivity index (χ0) is 12.0. The Hall–Kier alpha value is -1.35. The summed E-state index contributed by atoms with van der Waals surface area (Å²) in [5, 5.41) is 0. The average molecular weight is 222 g/mol. The van der Waals surface area contributed by atoms with Crippen LogP contribution in [0.2, 0.25) is 0 Å². The molecule has 0 aromatic heterocycles. The smallest absolute Gasteiger partial charge is 0.162 e. The van der Waals surface area contributed by atoms with Crippen LogP contribution < -0.4 is 4.74 Å². The number of aryl methyl sites for hydroxylation is 1. The maximum absolute atomic E-state index is 11.5. The molecule has 0 bridgehead atoms. The van der Waals surface area contributed by atoms with Crippen LogP contribution in [0, 0.1) is 6.92 Å². The lowest BCUT2D eigenvalue weighted by Gasteiger charge is -2.09.